The number of hydrogen-bond donors (Lipinski definition) is 1. The first-order chi connectivity index (χ1) is 18.7. The molecule has 3 aromatic rings. The summed E-state index contributed by atoms with van der Waals surface area (Å²) in [5, 5.41) is 2.93. The van der Waals surface area contributed by atoms with Crippen molar-refractivity contribution in [3.63, 3.8) is 0 Å². The molecule has 0 aromatic heterocycles. The van der Waals surface area contributed by atoms with E-state index in [0.29, 0.717) is 12.4 Å². The van der Waals surface area contributed by atoms with Gasteiger partial charge in [-0.25, -0.2) is 8.42 Å². The van der Waals surface area contributed by atoms with E-state index in [9.17, 15) is 18.0 Å². The van der Waals surface area contributed by atoms with Crippen LogP contribution in [0.25, 0.3) is 0 Å². The van der Waals surface area contributed by atoms with Crippen molar-refractivity contribution in [2.45, 2.75) is 57.6 Å². The van der Waals surface area contributed by atoms with Crippen LogP contribution in [0.1, 0.15) is 39.7 Å². The second kappa shape index (κ2) is 13.8. The lowest BCUT2D eigenvalue weighted by Crippen LogP contribution is -2.52. The van der Waals surface area contributed by atoms with Crippen molar-refractivity contribution in [1.29, 1.82) is 0 Å². The Hall–Kier alpha value is -3.85. The summed E-state index contributed by atoms with van der Waals surface area (Å²) in [7, 11) is -4.16. The molecule has 2 amide bonds. The molecule has 0 bridgehead atoms. The number of nitrogens with one attached hydrogen (secondary N) is 1. The molecule has 0 fully saturated rings. The summed E-state index contributed by atoms with van der Waals surface area (Å²) in [6, 6.07) is 23.1. The molecule has 3 rings (SSSR count). The fourth-order valence-electron chi connectivity index (χ4n) is 4.00. The molecular formula is C30H37N3O5S. The second-order valence-corrected chi connectivity index (χ2v) is 11.1. The predicted octanol–water partition coefficient (Wildman–Crippen LogP) is 4.61. The topological polar surface area (TPSA) is 96.0 Å². The number of nitrogens with zero attached hydrogens (tertiary/aromatic N) is 2. The van der Waals surface area contributed by atoms with Crippen LogP contribution in [-0.2, 0) is 26.2 Å². The third-order valence-corrected chi connectivity index (χ3v) is 8.18. The van der Waals surface area contributed by atoms with Crippen molar-refractivity contribution in [3.8, 4) is 5.75 Å². The first-order valence-electron chi connectivity index (χ1n) is 13.1. The maximum absolute atomic E-state index is 14.0. The van der Waals surface area contributed by atoms with Gasteiger partial charge in [0.2, 0.25) is 11.8 Å². The molecule has 0 saturated heterocycles. The first-order valence-corrected chi connectivity index (χ1v) is 14.6. The number of para-hydroxylation sites is 2. The maximum atomic E-state index is 14.0. The summed E-state index contributed by atoms with van der Waals surface area (Å²) >= 11 is 0. The van der Waals surface area contributed by atoms with Crippen molar-refractivity contribution in [3.05, 3.63) is 90.5 Å². The standard InChI is InChI=1S/C30H37N3O5S/c1-5-23(3)31-30(35)24(4)32(21-25-15-9-7-10-16-25)29(34)22-33(27-19-13-14-20-28(27)38-6-2)39(36,37)26-17-11-8-12-18-26/h7-20,23-24H,5-6,21-22H2,1-4H3,(H,31,35). The quantitative estimate of drug-likeness (QED) is 0.335. The molecule has 39 heavy (non-hydrogen) atoms. The van der Waals surface area contributed by atoms with Crippen molar-refractivity contribution < 1.29 is 22.7 Å². The zero-order valence-electron chi connectivity index (χ0n) is 22.9. The zero-order valence-corrected chi connectivity index (χ0v) is 23.7. The lowest BCUT2D eigenvalue weighted by molar-refractivity contribution is -0.139. The molecule has 2 unspecified atom stereocenters. The van der Waals surface area contributed by atoms with Crippen molar-refractivity contribution >= 4 is 27.5 Å². The Morgan fingerprint density at radius 2 is 1.46 bits per heavy atom. The molecule has 0 aliphatic heterocycles. The minimum absolute atomic E-state index is 0.0428. The Bertz CT molecular complexity index is 1330. The lowest BCUT2D eigenvalue weighted by atomic mass is 10.1. The number of carbonyl (C=O) groups excluding carboxylic acids is 2. The van der Waals surface area contributed by atoms with Crippen molar-refractivity contribution in [1.82, 2.24) is 10.2 Å². The average Bonchev–Trinajstić information content (AvgIpc) is 2.95. The van der Waals surface area contributed by atoms with Crippen LogP contribution in [0.15, 0.2) is 89.8 Å². The monoisotopic (exact) mass is 551 g/mol. The summed E-state index contributed by atoms with van der Waals surface area (Å²) in [5.74, 6) is -0.484. The molecule has 1 N–H and O–H groups in total. The van der Waals surface area contributed by atoms with Gasteiger partial charge in [0.1, 0.15) is 18.3 Å². The highest BCUT2D eigenvalue weighted by Gasteiger charge is 2.33. The van der Waals surface area contributed by atoms with E-state index in [1.807, 2.05) is 44.2 Å². The Morgan fingerprint density at radius 1 is 0.872 bits per heavy atom. The highest BCUT2D eigenvalue weighted by molar-refractivity contribution is 7.92. The van der Waals surface area contributed by atoms with E-state index in [-0.39, 0.29) is 29.1 Å². The van der Waals surface area contributed by atoms with Gasteiger partial charge < -0.3 is 15.0 Å². The summed E-state index contributed by atoms with van der Waals surface area (Å²) in [4.78, 5) is 28.5. The Labute approximate surface area is 231 Å². The van der Waals surface area contributed by atoms with E-state index in [1.165, 1.54) is 17.0 Å². The Kier molecular flexibility index (Phi) is 10.5. The second-order valence-electron chi connectivity index (χ2n) is 9.23. The number of carbonyl (C=O) groups is 2. The largest absolute Gasteiger partial charge is 0.492 e. The summed E-state index contributed by atoms with van der Waals surface area (Å²) in [6.07, 6.45) is 0.738. The smallest absolute Gasteiger partial charge is 0.264 e. The summed E-state index contributed by atoms with van der Waals surface area (Å²) < 4.78 is 34.6. The summed E-state index contributed by atoms with van der Waals surface area (Å²) in [6.45, 7) is 7.25. The van der Waals surface area contributed by atoms with Crippen LogP contribution in [0.2, 0.25) is 0 Å². The van der Waals surface area contributed by atoms with Gasteiger partial charge in [0.15, 0.2) is 0 Å². The fourth-order valence-corrected chi connectivity index (χ4v) is 5.45. The van der Waals surface area contributed by atoms with Gasteiger partial charge in [-0.15, -0.1) is 0 Å². The molecule has 0 spiro atoms. The third kappa shape index (κ3) is 7.60. The van der Waals surface area contributed by atoms with Gasteiger partial charge in [0, 0.05) is 12.6 Å². The molecule has 2 atom stereocenters. The van der Waals surface area contributed by atoms with E-state index >= 15 is 0 Å². The zero-order chi connectivity index (χ0) is 28.4. The van der Waals surface area contributed by atoms with Gasteiger partial charge in [-0.3, -0.25) is 13.9 Å². The number of anilines is 1. The third-order valence-electron chi connectivity index (χ3n) is 6.41. The molecule has 8 nitrogen and oxygen atoms in total. The Balaban J connectivity index is 2.05. The molecule has 208 valence electrons. The van der Waals surface area contributed by atoms with Gasteiger partial charge in [-0.05, 0) is 57.0 Å². The van der Waals surface area contributed by atoms with Crippen LogP contribution in [0, 0.1) is 0 Å². The van der Waals surface area contributed by atoms with Crippen LogP contribution < -0.4 is 14.4 Å². The van der Waals surface area contributed by atoms with E-state index in [2.05, 4.69) is 5.32 Å². The number of sulfonamides is 1. The molecule has 3 aromatic carbocycles. The average molecular weight is 552 g/mol. The molecular weight excluding hydrogens is 514 g/mol. The van der Waals surface area contributed by atoms with Crippen LogP contribution in [0.3, 0.4) is 0 Å². The highest BCUT2D eigenvalue weighted by atomic mass is 32.2. The van der Waals surface area contributed by atoms with E-state index in [0.717, 1.165) is 16.3 Å². The molecule has 0 radical (unpaired) electrons. The van der Waals surface area contributed by atoms with E-state index < -0.39 is 28.5 Å². The SMILES string of the molecule is CCOc1ccccc1N(CC(=O)N(Cc1ccccc1)C(C)C(=O)NC(C)CC)S(=O)(=O)c1ccccc1. The summed E-state index contributed by atoms with van der Waals surface area (Å²) in [5.41, 5.74) is 1.06. The fraction of sp³-hybridized carbons (Fsp3) is 0.333. The number of amides is 2. The number of hydrogen-bond acceptors (Lipinski definition) is 5. The van der Waals surface area contributed by atoms with Gasteiger partial charge in [0.05, 0.1) is 17.2 Å². The van der Waals surface area contributed by atoms with Crippen LogP contribution in [-0.4, -0.2) is 50.4 Å². The number of benzene rings is 3. The van der Waals surface area contributed by atoms with Gasteiger partial charge in [0.25, 0.3) is 10.0 Å². The lowest BCUT2D eigenvalue weighted by Gasteiger charge is -2.32. The van der Waals surface area contributed by atoms with Crippen molar-refractivity contribution in [2.75, 3.05) is 17.5 Å². The minimum Gasteiger partial charge on any atom is -0.492 e. The van der Waals surface area contributed by atoms with E-state index in [1.54, 1.807) is 56.3 Å². The number of rotatable bonds is 13. The van der Waals surface area contributed by atoms with Crippen molar-refractivity contribution in [2.24, 2.45) is 0 Å². The van der Waals surface area contributed by atoms with Crippen LogP contribution in [0.4, 0.5) is 5.69 Å². The molecule has 0 saturated carbocycles. The van der Waals surface area contributed by atoms with E-state index in [4.69, 9.17) is 4.74 Å². The predicted molar refractivity (Wildman–Crippen MR) is 153 cm³/mol. The van der Waals surface area contributed by atoms with Crippen LogP contribution >= 0.6 is 0 Å². The van der Waals surface area contributed by atoms with Gasteiger partial charge in [-0.2, -0.15) is 0 Å². The van der Waals surface area contributed by atoms with Gasteiger partial charge >= 0.3 is 0 Å². The highest BCUT2D eigenvalue weighted by Crippen LogP contribution is 2.32. The molecule has 9 heteroatoms. The maximum Gasteiger partial charge on any atom is 0.264 e. The molecule has 0 heterocycles. The normalized spacial score (nSPS) is 12.7. The first kappa shape index (κ1) is 29.7. The van der Waals surface area contributed by atoms with Crippen LogP contribution in [0.5, 0.6) is 5.75 Å². The minimum atomic E-state index is -4.16. The molecule has 0 aliphatic rings. The van der Waals surface area contributed by atoms with Gasteiger partial charge in [-0.1, -0.05) is 67.6 Å². The number of ether oxygens (including phenoxy) is 1. The molecule has 0 aliphatic carbocycles. The Morgan fingerprint density at radius 3 is 2.08 bits per heavy atom.